The molecule has 0 aliphatic heterocycles. The fourth-order valence-electron chi connectivity index (χ4n) is 3.27. The second kappa shape index (κ2) is 11.9. The highest BCUT2D eigenvalue weighted by Gasteiger charge is 2.32. The predicted molar refractivity (Wildman–Crippen MR) is 131 cm³/mol. The molecule has 0 saturated carbocycles. The summed E-state index contributed by atoms with van der Waals surface area (Å²) in [4.78, 5) is 27.7. The third-order valence-electron chi connectivity index (χ3n) is 5.45. The number of amides is 2. The maximum absolute atomic E-state index is 13.5. The molecule has 186 valence electrons. The maximum atomic E-state index is 13.5. The van der Waals surface area contributed by atoms with Crippen molar-refractivity contribution in [2.75, 3.05) is 31.5 Å². The Morgan fingerprint density at radius 2 is 1.68 bits per heavy atom. The summed E-state index contributed by atoms with van der Waals surface area (Å²) in [6.07, 6.45) is 0.740. The van der Waals surface area contributed by atoms with Gasteiger partial charge in [-0.05, 0) is 55.7 Å². The minimum Gasteiger partial charge on any atom is -0.354 e. The van der Waals surface area contributed by atoms with Gasteiger partial charge in [0.15, 0.2) is 0 Å². The van der Waals surface area contributed by atoms with Crippen molar-refractivity contribution < 1.29 is 22.4 Å². The molecule has 0 aliphatic carbocycles. The first-order valence-electron chi connectivity index (χ1n) is 11.1. The molecule has 1 unspecified atom stereocenters. The summed E-state index contributed by atoms with van der Waals surface area (Å²) >= 11 is 0. The van der Waals surface area contributed by atoms with Gasteiger partial charge in [-0.15, -0.1) is 0 Å². The molecule has 0 fully saturated rings. The van der Waals surface area contributed by atoms with Gasteiger partial charge in [-0.2, -0.15) is 12.7 Å². The van der Waals surface area contributed by atoms with Gasteiger partial charge in [-0.3, -0.25) is 9.59 Å². The lowest BCUT2D eigenvalue weighted by atomic mass is 10.1. The number of hydrogen-bond acceptors (Lipinski definition) is 4. The summed E-state index contributed by atoms with van der Waals surface area (Å²) in [6, 6.07) is 11.5. The lowest BCUT2D eigenvalue weighted by Crippen LogP contribution is -2.52. The normalized spacial score (nSPS) is 12.3. The van der Waals surface area contributed by atoms with Crippen molar-refractivity contribution in [3.05, 3.63) is 65.5 Å². The van der Waals surface area contributed by atoms with E-state index in [2.05, 4.69) is 5.32 Å². The maximum Gasteiger partial charge on any atom is 0.304 e. The Balaban J connectivity index is 2.44. The van der Waals surface area contributed by atoms with E-state index < -0.39 is 34.5 Å². The Labute approximate surface area is 201 Å². The molecule has 0 bridgehead atoms. The van der Waals surface area contributed by atoms with Gasteiger partial charge in [0, 0.05) is 27.2 Å². The van der Waals surface area contributed by atoms with Crippen LogP contribution in [-0.4, -0.2) is 62.7 Å². The molecule has 2 aromatic rings. The van der Waals surface area contributed by atoms with E-state index in [1.165, 1.54) is 31.1 Å². The van der Waals surface area contributed by atoms with Crippen LogP contribution in [0.2, 0.25) is 0 Å². The Morgan fingerprint density at radius 1 is 1.06 bits per heavy atom. The molecule has 1 atom stereocenters. The minimum atomic E-state index is -4.08. The van der Waals surface area contributed by atoms with Gasteiger partial charge in [0.2, 0.25) is 11.8 Å². The minimum absolute atomic E-state index is 0.130. The lowest BCUT2D eigenvalue weighted by molar-refractivity contribution is -0.139. The number of carbonyl (C=O) groups excluding carboxylic acids is 2. The molecule has 0 saturated heterocycles. The number of halogens is 1. The molecule has 2 amide bonds. The van der Waals surface area contributed by atoms with Gasteiger partial charge in [0.05, 0.1) is 5.69 Å². The molecular formula is C24H33FN4O4S. The van der Waals surface area contributed by atoms with E-state index in [1.54, 1.807) is 6.92 Å². The van der Waals surface area contributed by atoms with Gasteiger partial charge in [-0.25, -0.2) is 8.70 Å². The average molecular weight is 493 g/mol. The van der Waals surface area contributed by atoms with Gasteiger partial charge in [0.1, 0.15) is 18.4 Å². The number of nitrogens with one attached hydrogen (secondary N) is 1. The van der Waals surface area contributed by atoms with Gasteiger partial charge in [0.25, 0.3) is 0 Å². The lowest BCUT2D eigenvalue weighted by Gasteiger charge is -2.33. The monoisotopic (exact) mass is 492 g/mol. The first kappa shape index (κ1) is 27.3. The van der Waals surface area contributed by atoms with Crippen molar-refractivity contribution >= 4 is 27.7 Å². The summed E-state index contributed by atoms with van der Waals surface area (Å²) in [7, 11) is -1.38. The number of benzene rings is 2. The standard InChI is InChI=1S/C24H33FN4O4S/c1-6-15-26-24(31)19(3)28(16-20-10-8-7-9-18(20)2)23(30)17-29(34(32,33)27(4)5)22-13-11-21(25)12-14-22/h7-14,19H,6,15-17H2,1-5H3,(H,26,31). The second-order valence-corrected chi connectivity index (χ2v) is 10.3. The highest BCUT2D eigenvalue weighted by Crippen LogP contribution is 2.21. The fourth-order valence-corrected chi connectivity index (χ4v) is 4.33. The number of nitrogens with zero attached hydrogens (tertiary/aromatic N) is 3. The van der Waals surface area contributed by atoms with Crippen molar-refractivity contribution in [3.8, 4) is 0 Å². The quantitative estimate of drug-likeness (QED) is 0.522. The van der Waals surface area contributed by atoms with Crippen LogP contribution in [0.1, 0.15) is 31.4 Å². The van der Waals surface area contributed by atoms with Crippen LogP contribution < -0.4 is 9.62 Å². The number of aryl methyl sites for hydroxylation is 1. The number of hydrogen-bond donors (Lipinski definition) is 1. The molecule has 1 N–H and O–H groups in total. The van der Waals surface area contributed by atoms with E-state index in [0.717, 1.165) is 38.3 Å². The largest absolute Gasteiger partial charge is 0.354 e. The third-order valence-corrected chi connectivity index (χ3v) is 7.27. The van der Waals surface area contributed by atoms with Crippen molar-refractivity contribution in [2.24, 2.45) is 0 Å². The highest BCUT2D eigenvalue weighted by atomic mass is 32.2. The molecule has 0 aliphatic rings. The second-order valence-electron chi connectivity index (χ2n) is 8.19. The van der Waals surface area contributed by atoms with Crippen LogP contribution in [-0.2, 0) is 26.3 Å². The van der Waals surface area contributed by atoms with E-state index in [9.17, 15) is 22.4 Å². The highest BCUT2D eigenvalue weighted by molar-refractivity contribution is 7.90. The summed E-state index contributed by atoms with van der Waals surface area (Å²) in [6.45, 7) is 5.49. The molecule has 2 aromatic carbocycles. The molecule has 0 spiro atoms. The van der Waals surface area contributed by atoms with E-state index in [4.69, 9.17) is 0 Å². The van der Waals surface area contributed by atoms with Crippen LogP contribution in [0, 0.1) is 12.7 Å². The van der Waals surface area contributed by atoms with Gasteiger partial charge in [-0.1, -0.05) is 31.2 Å². The zero-order valence-electron chi connectivity index (χ0n) is 20.3. The van der Waals surface area contributed by atoms with Crippen LogP contribution in [0.4, 0.5) is 10.1 Å². The summed E-state index contributed by atoms with van der Waals surface area (Å²) in [5.74, 6) is -1.41. The topological polar surface area (TPSA) is 90.0 Å². The van der Waals surface area contributed by atoms with E-state index in [1.807, 2.05) is 38.1 Å². The van der Waals surface area contributed by atoms with Crippen LogP contribution in [0.15, 0.2) is 48.5 Å². The van der Waals surface area contributed by atoms with Crippen molar-refractivity contribution in [3.63, 3.8) is 0 Å². The third kappa shape index (κ3) is 6.77. The van der Waals surface area contributed by atoms with Crippen LogP contribution in [0.3, 0.4) is 0 Å². The van der Waals surface area contributed by atoms with E-state index in [0.29, 0.717) is 6.54 Å². The number of anilines is 1. The summed E-state index contributed by atoms with van der Waals surface area (Å²) in [5, 5.41) is 2.79. The molecule has 8 nitrogen and oxygen atoms in total. The van der Waals surface area contributed by atoms with Crippen LogP contribution >= 0.6 is 0 Å². The van der Waals surface area contributed by atoms with Crippen molar-refractivity contribution in [1.29, 1.82) is 0 Å². The van der Waals surface area contributed by atoms with Crippen LogP contribution in [0.25, 0.3) is 0 Å². The van der Waals surface area contributed by atoms with E-state index in [-0.39, 0.29) is 18.1 Å². The average Bonchev–Trinajstić information content (AvgIpc) is 2.80. The Morgan fingerprint density at radius 3 is 2.24 bits per heavy atom. The first-order valence-corrected chi connectivity index (χ1v) is 12.5. The van der Waals surface area contributed by atoms with Crippen LogP contribution in [0.5, 0.6) is 0 Å². The predicted octanol–water partition coefficient (Wildman–Crippen LogP) is 2.69. The molecule has 0 radical (unpaired) electrons. The fraction of sp³-hybridized carbons (Fsp3) is 0.417. The van der Waals surface area contributed by atoms with Gasteiger partial charge >= 0.3 is 10.2 Å². The van der Waals surface area contributed by atoms with E-state index >= 15 is 0 Å². The molecule has 34 heavy (non-hydrogen) atoms. The molecule has 0 heterocycles. The number of carbonyl (C=O) groups is 2. The summed E-state index contributed by atoms with van der Waals surface area (Å²) in [5.41, 5.74) is 1.93. The molecular weight excluding hydrogens is 459 g/mol. The Kier molecular flexibility index (Phi) is 9.57. The molecule has 0 aromatic heterocycles. The first-order chi connectivity index (χ1) is 16.0. The summed E-state index contributed by atoms with van der Waals surface area (Å²) < 4.78 is 41.4. The van der Waals surface area contributed by atoms with Gasteiger partial charge < -0.3 is 10.2 Å². The van der Waals surface area contributed by atoms with Crippen molar-refractivity contribution in [2.45, 2.75) is 39.8 Å². The van der Waals surface area contributed by atoms with Crippen molar-refractivity contribution in [1.82, 2.24) is 14.5 Å². The SMILES string of the molecule is CCCNC(=O)C(C)N(Cc1ccccc1C)C(=O)CN(c1ccc(F)cc1)S(=O)(=O)N(C)C. The smallest absolute Gasteiger partial charge is 0.304 e. The zero-order valence-corrected chi connectivity index (χ0v) is 21.1. The molecule has 2 rings (SSSR count). The Hall–Kier alpha value is -2.98. The zero-order chi connectivity index (χ0) is 25.5. The Bertz CT molecular complexity index is 1090. The molecule has 10 heteroatoms. The number of rotatable bonds is 11.